The second-order valence-corrected chi connectivity index (χ2v) is 4.61. The molecule has 1 aliphatic rings. The zero-order valence-corrected chi connectivity index (χ0v) is 9.58. The van der Waals surface area contributed by atoms with Crippen LogP contribution in [0.5, 0.6) is 0 Å². The summed E-state index contributed by atoms with van der Waals surface area (Å²) in [4.78, 5) is 0. The van der Waals surface area contributed by atoms with E-state index >= 15 is 0 Å². The van der Waals surface area contributed by atoms with E-state index < -0.39 is 5.67 Å². The Morgan fingerprint density at radius 3 is 2.62 bits per heavy atom. The number of nitrogens with two attached hydrogens (primary N) is 1. The number of benzene rings is 1. The van der Waals surface area contributed by atoms with Crippen LogP contribution in [-0.4, -0.2) is 13.2 Å². The van der Waals surface area contributed by atoms with E-state index in [0.29, 0.717) is 17.9 Å². The fraction of sp³-hybridized carbons (Fsp3) is 0.538. The standard InChI is InChI=1S/C13H18FNO/c1-13(14,11-3-2-8-16-9-11)10-4-6-12(15)7-5-10/h4-7,11H,2-3,8-9,15H2,1H3. The van der Waals surface area contributed by atoms with Gasteiger partial charge in [0.25, 0.3) is 0 Å². The highest BCUT2D eigenvalue weighted by molar-refractivity contribution is 5.41. The Balaban J connectivity index is 2.19. The molecule has 0 spiro atoms. The Bertz CT molecular complexity index is 341. The minimum atomic E-state index is -1.33. The molecule has 0 aliphatic carbocycles. The van der Waals surface area contributed by atoms with Crippen molar-refractivity contribution >= 4 is 5.69 Å². The molecule has 2 nitrogen and oxygen atoms in total. The van der Waals surface area contributed by atoms with Crippen molar-refractivity contribution < 1.29 is 9.13 Å². The fourth-order valence-electron chi connectivity index (χ4n) is 2.21. The van der Waals surface area contributed by atoms with Gasteiger partial charge in [0.15, 0.2) is 0 Å². The van der Waals surface area contributed by atoms with E-state index in [0.717, 1.165) is 19.4 Å². The van der Waals surface area contributed by atoms with E-state index in [1.807, 2.05) is 0 Å². The molecular weight excluding hydrogens is 205 g/mol. The van der Waals surface area contributed by atoms with Gasteiger partial charge >= 0.3 is 0 Å². The second-order valence-electron chi connectivity index (χ2n) is 4.61. The lowest BCUT2D eigenvalue weighted by atomic mass is 9.81. The van der Waals surface area contributed by atoms with Crippen molar-refractivity contribution in [3.63, 3.8) is 0 Å². The van der Waals surface area contributed by atoms with Crippen LogP contribution in [0, 0.1) is 5.92 Å². The lowest BCUT2D eigenvalue weighted by molar-refractivity contribution is -0.0232. The lowest BCUT2D eigenvalue weighted by Gasteiger charge is -2.33. The van der Waals surface area contributed by atoms with Crippen LogP contribution < -0.4 is 5.73 Å². The highest BCUT2D eigenvalue weighted by Crippen LogP contribution is 2.38. The van der Waals surface area contributed by atoms with Gasteiger partial charge in [-0.25, -0.2) is 4.39 Å². The van der Waals surface area contributed by atoms with Crippen molar-refractivity contribution in [1.29, 1.82) is 0 Å². The molecule has 2 atom stereocenters. The van der Waals surface area contributed by atoms with Crippen LogP contribution in [0.3, 0.4) is 0 Å². The number of ether oxygens (including phenoxy) is 1. The summed E-state index contributed by atoms with van der Waals surface area (Å²) in [7, 11) is 0. The summed E-state index contributed by atoms with van der Waals surface area (Å²) >= 11 is 0. The van der Waals surface area contributed by atoms with Gasteiger partial charge in [-0.1, -0.05) is 12.1 Å². The molecule has 0 bridgehead atoms. The van der Waals surface area contributed by atoms with Crippen molar-refractivity contribution in [3.8, 4) is 0 Å². The van der Waals surface area contributed by atoms with E-state index in [1.165, 1.54) is 0 Å². The van der Waals surface area contributed by atoms with E-state index in [2.05, 4.69) is 0 Å². The molecule has 88 valence electrons. The van der Waals surface area contributed by atoms with Crippen LogP contribution >= 0.6 is 0 Å². The minimum Gasteiger partial charge on any atom is -0.399 e. The average molecular weight is 223 g/mol. The smallest absolute Gasteiger partial charge is 0.138 e. The first kappa shape index (κ1) is 11.4. The molecule has 0 saturated carbocycles. The molecule has 1 heterocycles. The van der Waals surface area contributed by atoms with Gasteiger partial charge in [-0.3, -0.25) is 0 Å². The van der Waals surface area contributed by atoms with Crippen LogP contribution in [0.1, 0.15) is 25.3 Å². The third-order valence-electron chi connectivity index (χ3n) is 3.40. The maximum Gasteiger partial charge on any atom is 0.138 e. The highest BCUT2D eigenvalue weighted by atomic mass is 19.1. The molecule has 2 rings (SSSR count). The van der Waals surface area contributed by atoms with E-state index in [1.54, 1.807) is 31.2 Å². The molecule has 0 aromatic heterocycles. The topological polar surface area (TPSA) is 35.2 Å². The Morgan fingerprint density at radius 1 is 1.38 bits per heavy atom. The summed E-state index contributed by atoms with van der Waals surface area (Å²) in [6, 6.07) is 7.03. The maximum atomic E-state index is 14.7. The minimum absolute atomic E-state index is 0.0510. The monoisotopic (exact) mass is 223 g/mol. The summed E-state index contributed by atoms with van der Waals surface area (Å²) in [5.74, 6) is -0.0510. The Morgan fingerprint density at radius 2 is 2.06 bits per heavy atom. The van der Waals surface area contributed by atoms with Crippen molar-refractivity contribution in [3.05, 3.63) is 29.8 Å². The molecule has 1 saturated heterocycles. The van der Waals surface area contributed by atoms with Gasteiger partial charge in [-0.15, -0.1) is 0 Å². The zero-order valence-electron chi connectivity index (χ0n) is 9.58. The van der Waals surface area contributed by atoms with Crippen molar-refractivity contribution in [2.24, 2.45) is 5.92 Å². The van der Waals surface area contributed by atoms with E-state index in [4.69, 9.17) is 10.5 Å². The number of hydrogen-bond donors (Lipinski definition) is 1. The molecule has 1 aromatic rings. The average Bonchev–Trinajstić information content (AvgIpc) is 2.31. The summed E-state index contributed by atoms with van der Waals surface area (Å²) < 4.78 is 20.1. The second kappa shape index (κ2) is 4.42. The molecule has 1 aliphatic heterocycles. The molecular formula is C13H18FNO. The molecule has 2 unspecified atom stereocenters. The number of anilines is 1. The fourth-order valence-corrected chi connectivity index (χ4v) is 2.21. The van der Waals surface area contributed by atoms with E-state index in [9.17, 15) is 4.39 Å². The van der Waals surface area contributed by atoms with Crippen LogP contribution in [0.4, 0.5) is 10.1 Å². The highest BCUT2D eigenvalue weighted by Gasteiger charge is 2.37. The molecule has 16 heavy (non-hydrogen) atoms. The summed E-state index contributed by atoms with van der Waals surface area (Å²) in [6.45, 7) is 2.91. The Hall–Kier alpha value is -1.09. The van der Waals surface area contributed by atoms with Crippen LogP contribution in [-0.2, 0) is 10.4 Å². The van der Waals surface area contributed by atoms with Gasteiger partial charge in [0.05, 0.1) is 6.61 Å². The molecule has 2 N–H and O–H groups in total. The first-order chi connectivity index (χ1) is 7.60. The summed E-state index contributed by atoms with van der Waals surface area (Å²) in [5, 5.41) is 0. The SMILES string of the molecule is CC(F)(c1ccc(N)cc1)C1CCCOC1. The summed E-state index contributed by atoms with van der Waals surface area (Å²) in [6.07, 6.45) is 1.83. The van der Waals surface area contributed by atoms with E-state index in [-0.39, 0.29) is 5.92 Å². The lowest BCUT2D eigenvalue weighted by Crippen LogP contribution is -2.33. The zero-order chi connectivity index (χ0) is 11.6. The van der Waals surface area contributed by atoms with Crippen molar-refractivity contribution in [2.75, 3.05) is 18.9 Å². The first-order valence-electron chi connectivity index (χ1n) is 5.73. The van der Waals surface area contributed by atoms with Gasteiger partial charge in [-0.05, 0) is 37.5 Å². The van der Waals surface area contributed by atoms with Crippen molar-refractivity contribution in [2.45, 2.75) is 25.4 Å². The van der Waals surface area contributed by atoms with Crippen LogP contribution in [0.25, 0.3) is 0 Å². The number of alkyl halides is 1. The van der Waals surface area contributed by atoms with Gasteiger partial charge in [-0.2, -0.15) is 0 Å². The third kappa shape index (κ3) is 2.19. The molecule has 1 fully saturated rings. The third-order valence-corrected chi connectivity index (χ3v) is 3.40. The number of hydrogen-bond acceptors (Lipinski definition) is 2. The van der Waals surface area contributed by atoms with Crippen LogP contribution in [0.15, 0.2) is 24.3 Å². The maximum absolute atomic E-state index is 14.7. The Kier molecular flexibility index (Phi) is 3.15. The summed E-state index contributed by atoms with van der Waals surface area (Å²) in [5.41, 5.74) is 5.63. The quantitative estimate of drug-likeness (QED) is 0.782. The predicted octanol–water partition coefficient (Wildman–Crippen LogP) is 2.88. The van der Waals surface area contributed by atoms with Crippen molar-refractivity contribution in [1.82, 2.24) is 0 Å². The Labute approximate surface area is 95.6 Å². The van der Waals surface area contributed by atoms with Gasteiger partial charge in [0, 0.05) is 18.2 Å². The normalized spacial score (nSPS) is 25.0. The molecule has 3 heteroatoms. The number of nitrogen functional groups attached to an aromatic ring is 1. The van der Waals surface area contributed by atoms with Crippen LogP contribution in [0.2, 0.25) is 0 Å². The number of rotatable bonds is 2. The van der Waals surface area contributed by atoms with Gasteiger partial charge in [0.1, 0.15) is 5.67 Å². The molecule has 1 aromatic carbocycles. The van der Waals surface area contributed by atoms with Gasteiger partial charge in [0.2, 0.25) is 0 Å². The first-order valence-corrected chi connectivity index (χ1v) is 5.73. The largest absolute Gasteiger partial charge is 0.399 e. The predicted molar refractivity (Wildman–Crippen MR) is 62.9 cm³/mol. The molecule has 0 radical (unpaired) electrons. The number of halogens is 1. The van der Waals surface area contributed by atoms with Gasteiger partial charge < -0.3 is 10.5 Å². The molecule has 0 amide bonds.